The highest BCUT2D eigenvalue weighted by Crippen LogP contribution is 2.24. The van der Waals surface area contributed by atoms with Gasteiger partial charge >= 0.3 is 0 Å². The molecule has 102 valence electrons. The van der Waals surface area contributed by atoms with Crippen LogP contribution in [-0.2, 0) is 9.84 Å². The lowest BCUT2D eigenvalue weighted by Crippen LogP contribution is -2.38. The molecule has 3 nitrogen and oxygen atoms in total. The van der Waals surface area contributed by atoms with E-state index in [0.717, 1.165) is 25.7 Å². The first-order chi connectivity index (χ1) is 8.08. The van der Waals surface area contributed by atoms with Gasteiger partial charge < -0.3 is 5.11 Å². The van der Waals surface area contributed by atoms with E-state index in [-0.39, 0.29) is 5.75 Å². The van der Waals surface area contributed by atoms with Gasteiger partial charge in [-0.1, -0.05) is 45.4 Å². The van der Waals surface area contributed by atoms with Crippen molar-refractivity contribution in [2.24, 2.45) is 0 Å². The van der Waals surface area contributed by atoms with Crippen LogP contribution in [0.25, 0.3) is 0 Å². The van der Waals surface area contributed by atoms with Crippen molar-refractivity contribution >= 4 is 9.84 Å². The number of aliphatic hydroxyl groups excluding tert-OH is 1. The van der Waals surface area contributed by atoms with Gasteiger partial charge in [0.2, 0.25) is 0 Å². The van der Waals surface area contributed by atoms with Gasteiger partial charge in [0.05, 0.1) is 17.1 Å². The highest BCUT2D eigenvalue weighted by Gasteiger charge is 2.33. The zero-order valence-corrected chi connectivity index (χ0v) is 11.7. The standard InChI is InChI=1S/C13H26O3S/c1-2-3-4-5-6-9-12(14)13-10-7-8-11-17(13,15)16/h12-14H,2-11H2,1H3. The molecule has 1 N–H and O–H groups in total. The average Bonchev–Trinajstić information content (AvgIpc) is 2.28. The van der Waals surface area contributed by atoms with E-state index in [1.54, 1.807) is 0 Å². The molecule has 1 aliphatic heterocycles. The molecule has 1 rings (SSSR count). The Morgan fingerprint density at radius 3 is 2.53 bits per heavy atom. The molecular weight excluding hydrogens is 236 g/mol. The fourth-order valence-electron chi connectivity index (χ4n) is 2.55. The summed E-state index contributed by atoms with van der Waals surface area (Å²) in [6, 6.07) is 0. The third-order valence-corrected chi connectivity index (χ3v) is 5.99. The lowest BCUT2D eigenvalue weighted by molar-refractivity contribution is 0.148. The summed E-state index contributed by atoms with van der Waals surface area (Å²) in [5.41, 5.74) is 0. The van der Waals surface area contributed by atoms with Crippen molar-refractivity contribution in [2.75, 3.05) is 5.75 Å². The van der Waals surface area contributed by atoms with Crippen molar-refractivity contribution in [3.63, 3.8) is 0 Å². The van der Waals surface area contributed by atoms with E-state index in [1.807, 2.05) is 0 Å². The highest BCUT2D eigenvalue weighted by atomic mass is 32.2. The van der Waals surface area contributed by atoms with E-state index in [1.165, 1.54) is 19.3 Å². The van der Waals surface area contributed by atoms with Crippen LogP contribution < -0.4 is 0 Å². The van der Waals surface area contributed by atoms with Gasteiger partial charge in [0, 0.05) is 0 Å². The van der Waals surface area contributed by atoms with Crippen LogP contribution in [0.5, 0.6) is 0 Å². The van der Waals surface area contributed by atoms with Gasteiger partial charge in [-0.25, -0.2) is 8.42 Å². The first-order valence-corrected chi connectivity index (χ1v) is 8.69. The van der Waals surface area contributed by atoms with Crippen LogP contribution in [0.3, 0.4) is 0 Å². The molecule has 1 heterocycles. The average molecular weight is 262 g/mol. The molecule has 0 radical (unpaired) electrons. The highest BCUT2D eigenvalue weighted by molar-refractivity contribution is 7.92. The Bertz CT molecular complexity index is 298. The van der Waals surface area contributed by atoms with Gasteiger partial charge in [0.25, 0.3) is 0 Å². The minimum absolute atomic E-state index is 0.268. The number of hydrogen-bond donors (Lipinski definition) is 1. The van der Waals surface area contributed by atoms with Crippen LogP contribution in [-0.4, -0.2) is 30.6 Å². The summed E-state index contributed by atoms with van der Waals surface area (Å²) >= 11 is 0. The van der Waals surface area contributed by atoms with Crippen LogP contribution >= 0.6 is 0 Å². The summed E-state index contributed by atoms with van der Waals surface area (Å²) in [6.45, 7) is 2.17. The van der Waals surface area contributed by atoms with Crippen LogP contribution in [0, 0.1) is 0 Å². The summed E-state index contributed by atoms with van der Waals surface area (Å²) < 4.78 is 23.6. The van der Waals surface area contributed by atoms with Gasteiger partial charge in [0.15, 0.2) is 9.84 Å². The maximum absolute atomic E-state index is 11.8. The molecule has 1 fully saturated rings. The number of sulfone groups is 1. The second kappa shape index (κ2) is 7.37. The molecule has 0 spiro atoms. The van der Waals surface area contributed by atoms with Crippen molar-refractivity contribution in [3.8, 4) is 0 Å². The van der Waals surface area contributed by atoms with Gasteiger partial charge in [-0.15, -0.1) is 0 Å². The normalized spacial score (nSPS) is 25.6. The molecule has 0 saturated carbocycles. The Hall–Kier alpha value is -0.0900. The zero-order valence-electron chi connectivity index (χ0n) is 10.9. The molecule has 0 aromatic carbocycles. The van der Waals surface area contributed by atoms with Crippen LogP contribution in [0.15, 0.2) is 0 Å². The third-order valence-electron chi connectivity index (χ3n) is 3.66. The smallest absolute Gasteiger partial charge is 0.155 e. The van der Waals surface area contributed by atoms with Crippen molar-refractivity contribution < 1.29 is 13.5 Å². The maximum Gasteiger partial charge on any atom is 0.155 e. The third kappa shape index (κ3) is 4.96. The minimum Gasteiger partial charge on any atom is -0.392 e. The van der Waals surface area contributed by atoms with Gasteiger partial charge in [-0.05, 0) is 19.3 Å². The van der Waals surface area contributed by atoms with Gasteiger partial charge in [-0.3, -0.25) is 0 Å². The second-order valence-corrected chi connectivity index (χ2v) is 7.51. The number of unbranched alkanes of at least 4 members (excludes halogenated alkanes) is 4. The molecule has 0 aromatic heterocycles. The molecular formula is C13H26O3S. The van der Waals surface area contributed by atoms with Crippen molar-refractivity contribution in [3.05, 3.63) is 0 Å². The van der Waals surface area contributed by atoms with Crippen LogP contribution in [0.1, 0.15) is 64.7 Å². The quantitative estimate of drug-likeness (QED) is 0.718. The summed E-state index contributed by atoms with van der Waals surface area (Å²) in [6.07, 6.45) is 8.07. The lowest BCUT2D eigenvalue weighted by Gasteiger charge is -2.26. The molecule has 0 aliphatic carbocycles. The minimum atomic E-state index is -3.02. The SMILES string of the molecule is CCCCCCCC(O)C1CCCCS1(=O)=O. The molecule has 0 aromatic rings. The molecule has 2 atom stereocenters. The Morgan fingerprint density at radius 2 is 1.88 bits per heavy atom. The lowest BCUT2D eigenvalue weighted by atomic mass is 10.0. The topological polar surface area (TPSA) is 54.4 Å². The first kappa shape index (κ1) is 15.0. The summed E-state index contributed by atoms with van der Waals surface area (Å²) in [5, 5.41) is 9.50. The van der Waals surface area contributed by atoms with E-state index in [4.69, 9.17) is 0 Å². The summed E-state index contributed by atoms with van der Waals surface area (Å²) in [5.74, 6) is 0.268. The molecule has 0 bridgehead atoms. The molecule has 1 saturated heterocycles. The number of aliphatic hydroxyl groups is 1. The number of hydrogen-bond acceptors (Lipinski definition) is 3. The predicted octanol–water partition coefficient (Wildman–Crippen LogP) is 2.68. The molecule has 2 unspecified atom stereocenters. The second-order valence-electron chi connectivity index (χ2n) is 5.17. The molecule has 4 heteroatoms. The van der Waals surface area contributed by atoms with Crippen LogP contribution in [0.4, 0.5) is 0 Å². The monoisotopic (exact) mass is 262 g/mol. The Labute approximate surface area is 106 Å². The summed E-state index contributed by atoms with van der Waals surface area (Å²) in [7, 11) is -3.02. The predicted molar refractivity (Wildman–Crippen MR) is 70.8 cm³/mol. The van der Waals surface area contributed by atoms with E-state index < -0.39 is 21.2 Å². The summed E-state index contributed by atoms with van der Waals surface area (Å²) in [4.78, 5) is 0. The maximum atomic E-state index is 11.8. The van der Waals surface area contributed by atoms with E-state index in [9.17, 15) is 13.5 Å². The van der Waals surface area contributed by atoms with Crippen molar-refractivity contribution in [2.45, 2.75) is 76.1 Å². The Morgan fingerprint density at radius 1 is 1.18 bits per heavy atom. The van der Waals surface area contributed by atoms with E-state index in [2.05, 4.69) is 6.92 Å². The van der Waals surface area contributed by atoms with Crippen LogP contribution in [0.2, 0.25) is 0 Å². The zero-order chi connectivity index (χ0) is 12.7. The molecule has 1 aliphatic rings. The van der Waals surface area contributed by atoms with E-state index in [0.29, 0.717) is 12.8 Å². The largest absolute Gasteiger partial charge is 0.392 e. The van der Waals surface area contributed by atoms with Crippen molar-refractivity contribution in [1.82, 2.24) is 0 Å². The van der Waals surface area contributed by atoms with Gasteiger partial charge in [-0.2, -0.15) is 0 Å². The Kier molecular flexibility index (Phi) is 6.49. The Balaban J connectivity index is 2.28. The van der Waals surface area contributed by atoms with E-state index >= 15 is 0 Å². The fraction of sp³-hybridized carbons (Fsp3) is 1.00. The molecule has 17 heavy (non-hydrogen) atoms. The molecule has 0 amide bonds. The number of rotatable bonds is 7. The fourth-order valence-corrected chi connectivity index (χ4v) is 4.60. The van der Waals surface area contributed by atoms with Gasteiger partial charge in [0.1, 0.15) is 0 Å². The van der Waals surface area contributed by atoms with Crippen molar-refractivity contribution in [1.29, 1.82) is 0 Å². The first-order valence-electron chi connectivity index (χ1n) is 6.97.